The van der Waals surface area contributed by atoms with Crippen molar-refractivity contribution >= 4 is 21.7 Å². The molecule has 1 aliphatic carbocycles. The molecule has 0 bridgehead atoms. The van der Waals surface area contributed by atoms with Gasteiger partial charge in [0, 0.05) is 12.3 Å². The van der Waals surface area contributed by atoms with Crippen LogP contribution in [0.25, 0.3) is 0 Å². The van der Waals surface area contributed by atoms with Crippen molar-refractivity contribution in [3.05, 3.63) is 34.1 Å². The molecule has 0 heterocycles. The van der Waals surface area contributed by atoms with Crippen LogP contribution in [0.15, 0.2) is 22.7 Å². The van der Waals surface area contributed by atoms with Crippen LogP contribution in [0.3, 0.4) is 0 Å². The van der Waals surface area contributed by atoms with Gasteiger partial charge in [0.15, 0.2) is 0 Å². The van der Waals surface area contributed by atoms with Gasteiger partial charge in [-0.05, 0) is 40.4 Å². The number of carbonyl (C=O) groups excluding carboxylic acids is 1. The highest BCUT2D eigenvalue weighted by Crippen LogP contribution is 2.26. The third kappa shape index (κ3) is 4.13. The van der Waals surface area contributed by atoms with E-state index in [1.807, 2.05) is 6.07 Å². The molecule has 0 radical (unpaired) electrons. The molecule has 0 N–H and O–H groups in total. The lowest BCUT2D eigenvalue weighted by molar-refractivity contribution is -0.122. The summed E-state index contributed by atoms with van der Waals surface area (Å²) in [7, 11) is 0. The van der Waals surface area contributed by atoms with E-state index in [0.29, 0.717) is 10.9 Å². The van der Waals surface area contributed by atoms with Gasteiger partial charge in [-0.25, -0.2) is 4.39 Å². The highest BCUT2D eigenvalue weighted by atomic mass is 79.9. The second kappa shape index (κ2) is 7.18. The molecule has 1 saturated carbocycles. The summed E-state index contributed by atoms with van der Waals surface area (Å²) in [4.78, 5) is 12.4. The molecule has 1 fully saturated rings. The molecule has 0 unspecified atom stereocenters. The number of rotatable bonds is 3. The molecule has 0 spiro atoms. The van der Waals surface area contributed by atoms with Crippen LogP contribution in [-0.4, -0.2) is 5.78 Å². The zero-order valence-electron chi connectivity index (χ0n) is 11.1. The van der Waals surface area contributed by atoms with Gasteiger partial charge in [0.1, 0.15) is 11.6 Å². The largest absolute Gasteiger partial charge is 0.299 e. The summed E-state index contributed by atoms with van der Waals surface area (Å²) in [5, 5.41) is 0. The quantitative estimate of drug-likeness (QED) is 0.758. The van der Waals surface area contributed by atoms with Crippen LogP contribution in [0.4, 0.5) is 4.39 Å². The molecule has 1 nitrogen and oxygen atoms in total. The number of ketones is 1. The average Bonchev–Trinajstić information content (AvgIpc) is 2.34. The van der Waals surface area contributed by atoms with Crippen molar-refractivity contribution in [3.63, 3.8) is 0 Å². The molecule has 1 aromatic rings. The van der Waals surface area contributed by atoms with Crippen LogP contribution in [0.2, 0.25) is 0 Å². The predicted molar refractivity (Wildman–Crippen MR) is 78.6 cm³/mol. The molecule has 3 heteroatoms. The molecular formula is C16H20BrFO. The first-order valence-corrected chi connectivity index (χ1v) is 7.93. The van der Waals surface area contributed by atoms with Crippen LogP contribution in [0, 0.1) is 11.7 Å². The lowest BCUT2D eigenvalue weighted by Crippen LogP contribution is -2.18. The SMILES string of the molecule is O=C(Cc1cccc(F)c1Br)C1CCCCCCC1. The minimum absolute atomic E-state index is 0.176. The van der Waals surface area contributed by atoms with Crippen molar-refractivity contribution in [2.75, 3.05) is 0 Å². The van der Waals surface area contributed by atoms with Crippen molar-refractivity contribution in [2.24, 2.45) is 5.92 Å². The van der Waals surface area contributed by atoms with E-state index in [1.165, 1.54) is 25.3 Å². The van der Waals surface area contributed by atoms with Gasteiger partial charge in [0.2, 0.25) is 0 Å². The fraction of sp³-hybridized carbons (Fsp3) is 0.562. The zero-order chi connectivity index (χ0) is 13.7. The van der Waals surface area contributed by atoms with Crippen molar-refractivity contribution < 1.29 is 9.18 Å². The monoisotopic (exact) mass is 326 g/mol. The number of benzene rings is 1. The highest BCUT2D eigenvalue weighted by molar-refractivity contribution is 9.10. The topological polar surface area (TPSA) is 17.1 Å². The summed E-state index contributed by atoms with van der Waals surface area (Å²) in [6.07, 6.45) is 8.46. The number of hydrogen-bond acceptors (Lipinski definition) is 1. The number of hydrogen-bond donors (Lipinski definition) is 0. The normalized spacial score (nSPS) is 17.8. The van der Waals surface area contributed by atoms with Gasteiger partial charge in [0.25, 0.3) is 0 Å². The van der Waals surface area contributed by atoms with Crippen molar-refractivity contribution in [1.82, 2.24) is 0 Å². The first kappa shape index (κ1) is 14.7. The van der Waals surface area contributed by atoms with E-state index in [9.17, 15) is 9.18 Å². The van der Waals surface area contributed by atoms with Crippen molar-refractivity contribution in [3.8, 4) is 0 Å². The molecule has 19 heavy (non-hydrogen) atoms. The third-order valence-electron chi connectivity index (χ3n) is 3.96. The first-order valence-electron chi connectivity index (χ1n) is 7.14. The van der Waals surface area contributed by atoms with Crippen LogP contribution >= 0.6 is 15.9 Å². The third-order valence-corrected chi connectivity index (χ3v) is 4.84. The zero-order valence-corrected chi connectivity index (χ0v) is 12.7. The van der Waals surface area contributed by atoms with Crippen molar-refractivity contribution in [2.45, 2.75) is 51.4 Å². The summed E-state index contributed by atoms with van der Waals surface area (Å²) in [5.41, 5.74) is 0.770. The van der Waals surface area contributed by atoms with Crippen LogP contribution in [0.1, 0.15) is 50.5 Å². The summed E-state index contributed by atoms with van der Waals surface area (Å²) in [5.74, 6) is 0.159. The van der Waals surface area contributed by atoms with Gasteiger partial charge in [-0.1, -0.05) is 44.2 Å². The Kier molecular flexibility index (Phi) is 5.56. The van der Waals surface area contributed by atoms with Gasteiger partial charge in [0.05, 0.1) is 4.47 Å². The summed E-state index contributed by atoms with van der Waals surface area (Å²) in [6.45, 7) is 0. The van der Waals surface area contributed by atoms with E-state index in [1.54, 1.807) is 6.07 Å². The van der Waals surface area contributed by atoms with Crippen molar-refractivity contribution in [1.29, 1.82) is 0 Å². The Morgan fingerprint density at radius 2 is 1.79 bits per heavy atom. The summed E-state index contributed by atoms with van der Waals surface area (Å²) < 4.78 is 13.9. The molecule has 0 saturated heterocycles. The Bertz CT molecular complexity index is 436. The van der Waals surface area contributed by atoms with Gasteiger partial charge in [-0.3, -0.25) is 4.79 Å². The van der Waals surface area contributed by atoms with Crippen LogP contribution in [0.5, 0.6) is 0 Å². The molecule has 0 amide bonds. The Hall–Kier alpha value is -0.700. The van der Waals surface area contributed by atoms with Gasteiger partial charge in [-0.15, -0.1) is 0 Å². The number of Topliss-reactive ketones (excluding diaryl/α,β-unsaturated/α-hetero) is 1. The summed E-state index contributed by atoms with van der Waals surface area (Å²) in [6, 6.07) is 4.91. The molecule has 0 aliphatic heterocycles. The van der Waals surface area contributed by atoms with Gasteiger partial charge >= 0.3 is 0 Å². The standard InChI is InChI=1S/C16H20BrFO/c17-16-13(9-6-10-14(16)18)11-15(19)12-7-4-2-1-3-5-8-12/h6,9-10,12H,1-5,7-8,11H2. The fourth-order valence-corrected chi connectivity index (χ4v) is 3.20. The highest BCUT2D eigenvalue weighted by Gasteiger charge is 2.20. The minimum atomic E-state index is -0.289. The lowest BCUT2D eigenvalue weighted by atomic mass is 9.86. The van der Waals surface area contributed by atoms with Crippen LogP contribution in [-0.2, 0) is 11.2 Å². The maximum absolute atomic E-state index is 13.4. The van der Waals surface area contributed by atoms with E-state index in [0.717, 1.165) is 31.2 Å². The minimum Gasteiger partial charge on any atom is -0.299 e. The summed E-state index contributed by atoms with van der Waals surface area (Å²) >= 11 is 3.23. The second-order valence-electron chi connectivity index (χ2n) is 5.40. The number of carbonyl (C=O) groups is 1. The maximum atomic E-state index is 13.4. The molecule has 0 atom stereocenters. The Balaban J connectivity index is 2.01. The number of halogens is 2. The molecule has 2 rings (SSSR count). The smallest absolute Gasteiger partial charge is 0.140 e. The second-order valence-corrected chi connectivity index (χ2v) is 6.19. The average molecular weight is 327 g/mol. The Labute approximate surface area is 122 Å². The van der Waals surface area contributed by atoms with E-state index in [-0.39, 0.29) is 17.5 Å². The molecular weight excluding hydrogens is 307 g/mol. The van der Waals surface area contributed by atoms with Gasteiger partial charge < -0.3 is 0 Å². The Morgan fingerprint density at radius 1 is 1.16 bits per heavy atom. The van der Waals surface area contributed by atoms with E-state index in [4.69, 9.17) is 0 Å². The van der Waals surface area contributed by atoms with Gasteiger partial charge in [-0.2, -0.15) is 0 Å². The first-order chi connectivity index (χ1) is 9.18. The van der Waals surface area contributed by atoms with Crippen LogP contribution < -0.4 is 0 Å². The Morgan fingerprint density at radius 3 is 2.47 bits per heavy atom. The van der Waals surface area contributed by atoms with E-state index >= 15 is 0 Å². The molecule has 1 aliphatic rings. The maximum Gasteiger partial charge on any atom is 0.140 e. The predicted octanol–water partition coefficient (Wildman–Crippen LogP) is 5.06. The van der Waals surface area contributed by atoms with E-state index in [2.05, 4.69) is 15.9 Å². The lowest BCUT2D eigenvalue weighted by Gasteiger charge is -2.18. The van der Waals surface area contributed by atoms with E-state index < -0.39 is 0 Å². The molecule has 1 aromatic carbocycles. The molecule has 0 aromatic heterocycles. The molecule has 104 valence electrons. The fourth-order valence-electron chi connectivity index (χ4n) is 2.80.